The van der Waals surface area contributed by atoms with Crippen LogP contribution in [0.4, 0.5) is 0 Å². The van der Waals surface area contributed by atoms with Gasteiger partial charge in [-0.25, -0.2) is 0 Å². The maximum absolute atomic E-state index is 5.30. The summed E-state index contributed by atoms with van der Waals surface area (Å²) in [5, 5.41) is 3.74. The minimum absolute atomic E-state index is 0.497. The molecule has 18 heavy (non-hydrogen) atoms. The lowest BCUT2D eigenvalue weighted by molar-refractivity contribution is 0.0507. The highest BCUT2D eigenvalue weighted by molar-refractivity contribution is 4.90. The van der Waals surface area contributed by atoms with E-state index in [2.05, 4.69) is 38.0 Å². The van der Waals surface area contributed by atoms with E-state index in [4.69, 9.17) is 4.74 Å². The summed E-state index contributed by atoms with van der Waals surface area (Å²) in [5.74, 6) is 0.854. The van der Waals surface area contributed by atoms with Gasteiger partial charge in [-0.3, -0.25) is 4.90 Å². The van der Waals surface area contributed by atoms with Crippen LogP contribution in [0.5, 0.6) is 0 Å². The first-order valence-electron chi connectivity index (χ1n) is 7.54. The largest absolute Gasteiger partial charge is 0.383 e. The van der Waals surface area contributed by atoms with Crippen LogP contribution >= 0.6 is 0 Å². The van der Waals surface area contributed by atoms with E-state index in [1.807, 2.05) is 0 Å². The summed E-state index contributed by atoms with van der Waals surface area (Å²) < 4.78 is 5.30. The molecule has 4 unspecified atom stereocenters. The van der Waals surface area contributed by atoms with Crippen molar-refractivity contribution in [3.8, 4) is 0 Å². The topological polar surface area (TPSA) is 24.5 Å². The third kappa shape index (κ3) is 4.52. The van der Waals surface area contributed by atoms with Gasteiger partial charge in [0, 0.05) is 25.2 Å². The van der Waals surface area contributed by atoms with Gasteiger partial charge in [-0.15, -0.1) is 0 Å². The monoisotopic (exact) mass is 256 g/mol. The van der Waals surface area contributed by atoms with Gasteiger partial charge in [0.25, 0.3) is 0 Å². The maximum atomic E-state index is 5.30. The van der Waals surface area contributed by atoms with Gasteiger partial charge in [-0.1, -0.05) is 13.8 Å². The van der Waals surface area contributed by atoms with Crippen LogP contribution in [0.25, 0.3) is 0 Å². The third-order valence-corrected chi connectivity index (χ3v) is 4.36. The van der Waals surface area contributed by atoms with Crippen molar-refractivity contribution < 1.29 is 4.74 Å². The maximum Gasteiger partial charge on any atom is 0.0615 e. The van der Waals surface area contributed by atoms with Crippen molar-refractivity contribution >= 4 is 0 Å². The van der Waals surface area contributed by atoms with Gasteiger partial charge in [0.05, 0.1) is 6.61 Å². The van der Waals surface area contributed by atoms with E-state index in [-0.39, 0.29) is 0 Å². The van der Waals surface area contributed by atoms with Crippen LogP contribution in [0.2, 0.25) is 0 Å². The molecule has 1 aliphatic rings. The van der Waals surface area contributed by atoms with Crippen LogP contribution in [0, 0.1) is 5.92 Å². The third-order valence-electron chi connectivity index (χ3n) is 4.36. The number of methoxy groups -OCH3 is 1. The van der Waals surface area contributed by atoms with Gasteiger partial charge in [-0.05, 0) is 52.1 Å². The number of nitrogens with zero attached hydrogens (tertiary/aromatic N) is 1. The Hall–Kier alpha value is -0.120. The fourth-order valence-corrected chi connectivity index (χ4v) is 3.05. The molecular formula is C15H32N2O. The quantitative estimate of drug-likeness (QED) is 0.757. The van der Waals surface area contributed by atoms with E-state index in [9.17, 15) is 0 Å². The zero-order valence-electron chi connectivity index (χ0n) is 12.9. The average Bonchev–Trinajstić information content (AvgIpc) is 2.36. The summed E-state index contributed by atoms with van der Waals surface area (Å²) >= 11 is 0. The molecule has 0 amide bonds. The smallest absolute Gasteiger partial charge is 0.0615 e. The molecule has 3 heteroatoms. The molecule has 0 heterocycles. The molecule has 0 aromatic carbocycles. The molecule has 0 spiro atoms. The van der Waals surface area contributed by atoms with Crippen LogP contribution in [0.1, 0.15) is 46.5 Å². The van der Waals surface area contributed by atoms with Gasteiger partial charge in [0.1, 0.15) is 0 Å². The second-order valence-electron chi connectivity index (χ2n) is 6.02. The van der Waals surface area contributed by atoms with Crippen molar-refractivity contribution in [1.29, 1.82) is 0 Å². The predicted octanol–water partition coefficient (Wildman–Crippen LogP) is 2.51. The molecule has 1 fully saturated rings. The first kappa shape index (κ1) is 15.9. The summed E-state index contributed by atoms with van der Waals surface area (Å²) in [6.07, 6.45) is 5.21. The van der Waals surface area contributed by atoms with E-state index >= 15 is 0 Å². The molecule has 1 aliphatic carbocycles. The number of ether oxygens (including phenoxy) is 1. The second-order valence-corrected chi connectivity index (χ2v) is 6.02. The molecule has 0 aromatic rings. The minimum Gasteiger partial charge on any atom is -0.383 e. The molecule has 0 saturated heterocycles. The van der Waals surface area contributed by atoms with Gasteiger partial charge in [0.15, 0.2) is 0 Å². The van der Waals surface area contributed by atoms with Crippen molar-refractivity contribution in [2.75, 3.05) is 27.3 Å². The minimum atomic E-state index is 0.497. The summed E-state index contributed by atoms with van der Waals surface area (Å²) in [6, 6.07) is 1.81. The fraction of sp³-hybridized carbons (Fsp3) is 1.00. The van der Waals surface area contributed by atoms with Crippen molar-refractivity contribution in [1.82, 2.24) is 10.2 Å². The normalized spacial score (nSPS) is 30.7. The Morgan fingerprint density at radius 3 is 2.72 bits per heavy atom. The Labute approximate surface area is 113 Å². The molecule has 1 saturated carbocycles. The van der Waals surface area contributed by atoms with E-state index < -0.39 is 0 Å². The predicted molar refractivity (Wildman–Crippen MR) is 78.0 cm³/mol. The molecule has 0 bridgehead atoms. The highest BCUT2D eigenvalue weighted by Crippen LogP contribution is 2.28. The Bertz CT molecular complexity index is 219. The summed E-state index contributed by atoms with van der Waals surface area (Å²) in [6.45, 7) is 8.85. The Kier molecular flexibility index (Phi) is 7.20. The van der Waals surface area contributed by atoms with Crippen LogP contribution < -0.4 is 5.32 Å². The van der Waals surface area contributed by atoms with E-state index in [1.165, 1.54) is 25.7 Å². The van der Waals surface area contributed by atoms with Crippen LogP contribution in [-0.4, -0.2) is 50.3 Å². The average molecular weight is 256 g/mol. The number of hydrogen-bond donors (Lipinski definition) is 1. The van der Waals surface area contributed by atoms with Crippen molar-refractivity contribution in [3.05, 3.63) is 0 Å². The van der Waals surface area contributed by atoms with E-state index in [1.54, 1.807) is 7.11 Å². The van der Waals surface area contributed by atoms with Gasteiger partial charge < -0.3 is 10.1 Å². The standard InChI is InChI=1S/C15H32N2O/c1-6-9-16-14-8-7-12(2)10-15(14)17(4)13(3)11-18-5/h12-16H,6-11H2,1-5H3. The lowest BCUT2D eigenvalue weighted by Crippen LogP contribution is -2.55. The molecular weight excluding hydrogens is 224 g/mol. The lowest BCUT2D eigenvalue weighted by atomic mass is 9.82. The number of hydrogen-bond acceptors (Lipinski definition) is 3. The van der Waals surface area contributed by atoms with E-state index in [0.717, 1.165) is 19.1 Å². The lowest BCUT2D eigenvalue weighted by Gasteiger charge is -2.43. The molecule has 3 nitrogen and oxygen atoms in total. The molecule has 1 rings (SSSR count). The number of rotatable bonds is 7. The molecule has 108 valence electrons. The van der Waals surface area contributed by atoms with Gasteiger partial charge >= 0.3 is 0 Å². The van der Waals surface area contributed by atoms with Crippen molar-refractivity contribution in [2.45, 2.75) is 64.6 Å². The zero-order valence-corrected chi connectivity index (χ0v) is 12.9. The molecule has 0 aromatic heterocycles. The molecule has 0 aliphatic heterocycles. The SMILES string of the molecule is CCCNC1CCC(C)CC1N(C)C(C)COC. The zero-order chi connectivity index (χ0) is 13.5. The Balaban J connectivity index is 2.59. The number of nitrogens with one attached hydrogen (secondary N) is 1. The van der Waals surface area contributed by atoms with Crippen LogP contribution in [0.3, 0.4) is 0 Å². The van der Waals surface area contributed by atoms with Gasteiger partial charge in [0.2, 0.25) is 0 Å². The highest BCUT2D eigenvalue weighted by atomic mass is 16.5. The van der Waals surface area contributed by atoms with Crippen LogP contribution in [-0.2, 0) is 4.74 Å². The summed E-state index contributed by atoms with van der Waals surface area (Å²) in [7, 11) is 4.05. The molecule has 0 radical (unpaired) electrons. The first-order valence-corrected chi connectivity index (χ1v) is 7.54. The molecule has 4 atom stereocenters. The van der Waals surface area contributed by atoms with Crippen molar-refractivity contribution in [2.24, 2.45) is 5.92 Å². The number of likely N-dealkylation sites (N-methyl/N-ethyl adjacent to an activating group) is 1. The molecule has 1 N–H and O–H groups in total. The van der Waals surface area contributed by atoms with E-state index in [0.29, 0.717) is 18.1 Å². The highest BCUT2D eigenvalue weighted by Gasteiger charge is 2.32. The van der Waals surface area contributed by atoms with Crippen LogP contribution in [0.15, 0.2) is 0 Å². The Morgan fingerprint density at radius 2 is 2.11 bits per heavy atom. The first-order chi connectivity index (χ1) is 8.60. The summed E-state index contributed by atoms with van der Waals surface area (Å²) in [4.78, 5) is 2.52. The Morgan fingerprint density at radius 1 is 1.39 bits per heavy atom. The van der Waals surface area contributed by atoms with Crippen molar-refractivity contribution in [3.63, 3.8) is 0 Å². The van der Waals surface area contributed by atoms with Gasteiger partial charge in [-0.2, -0.15) is 0 Å². The summed E-state index contributed by atoms with van der Waals surface area (Å²) in [5.41, 5.74) is 0. The second kappa shape index (κ2) is 8.13. The fourth-order valence-electron chi connectivity index (χ4n) is 3.05.